The summed E-state index contributed by atoms with van der Waals surface area (Å²) >= 11 is 9.08. The number of hydrogen-bond donors (Lipinski definition) is 0. The van der Waals surface area contributed by atoms with Gasteiger partial charge in [-0.2, -0.15) is 0 Å². The summed E-state index contributed by atoms with van der Waals surface area (Å²) in [5.74, 6) is -0.0601. The summed E-state index contributed by atoms with van der Waals surface area (Å²) in [6.07, 6.45) is 0. The average molecular weight is 278 g/mol. The van der Waals surface area contributed by atoms with Crippen LogP contribution in [0, 0.1) is 0 Å². The van der Waals surface area contributed by atoms with Gasteiger partial charge in [0, 0.05) is 21.7 Å². The molecular weight excluding hydrogens is 267 g/mol. The summed E-state index contributed by atoms with van der Waals surface area (Å²) in [6, 6.07) is 5.10. The molecule has 1 aromatic rings. The molecule has 0 saturated carbocycles. The highest BCUT2D eigenvalue weighted by atomic mass is 79.9. The van der Waals surface area contributed by atoms with Crippen LogP contribution in [0.5, 0.6) is 0 Å². The van der Waals surface area contributed by atoms with Gasteiger partial charge in [-0.25, -0.2) is 0 Å². The van der Waals surface area contributed by atoms with E-state index in [2.05, 4.69) is 15.9 Å². The molecule has 0 atom stereocenters. The van der Waals surface area contributed by atoms with Crippen LogP contribution in [0.25, 0.3) is 0 Å². The Morgan fingerprint density at radius 3 is 2.79 bits per heavy atom. The quantitative estimate of drug-likeness (QED) is 0.789. The van der Waals surface area contributed by atoms with E-state index in [9.17, 15) is 4.79 Å². The van der Waals surface area contributed by atoms with Crippen molar-refractivity contribution in [1.82, 2.24) is 0 Å². The van der Waals surface area contributed by atoms with E-state index in [1.807, 2.05) is 6.92 Å². The second kappa shape index (κ2) is 5.49. The van der Waals surface area contributed by atoms with Crippen LogP contribution in [0.4, 0.5) is 0 Å². The summed E-state index contributed by atoms with van der Waals surface area (Å²) in [5, 5.41) is 0.541. The summed E-state index contributed by atoms with van der Waals surface area (Å²) < 4.78 is 5.82. The van der Waals surface area contributed by atoms with Crippen molar-refractivity contribution in [3.63, 3.8) is 0 Å². The Hall–Kier alpha value is -0.380. The fraction of sp³-hybridized carbons (Fsp3) is 0.300. The number of Topliss-reactive ketones (excluding diaryl/α,β-unsaturated/α-hetero) is 1. The zero-order valence-electron chi connectivity index (χ0n) is 7.72. The molecule has 1 rings (SSSR count). The van der Waals surface area contributed by atoms with Crippen molar-refractivity contribution in [2.45, 2.75) is 6.92 Å². The van der Waals surface area contributed by atoms with Crippen LogP contribution in [0.15, 0.2) is 22.7 Å². The molecule has 0 bridgehead atoms. The number of halogens is 2. The summed E-state index contributed by atoms with van der Waals surface area (Å²) in [7, 11) is 0. The maximum atomic E-state index is 11.5. The Kier molecular flexibility index (Phi) is 4.58. The lowest BCUT2D eigenvalue weighted by molar-refractivity contribution is 0.0783. The molecule has 0 aromatic heterocycles. The van der Waals surface area contributed by atoms with E-state index in [0.717, 1.165) is 4.47 Å². The second-order valence-corrected chi connectivity index (χ2v) is 4.07. The van der Waals surface area contributed by atoms with E-state index >= 15 is 0 Å². The molecule has 1 aromatic carbocycles. The first kappa shape index (κ1) is 11.7. The smallest absolute Gasteiger partial charge is 0.188 e. The third kappa shape index (κ3) is 3.40. The van der Waals surface area contributed by atoms with E-state index in [4.69, 9.17) is 16.3 Å². The normalized spacial score (nSPS) is 10.2. The van der Waals surface area contributed by atoms with E-state index in [1.54, 1.807) is 18.2 Å². The van der Waals surface area contributed by atoms with Crippen molar-refractivity contribution in [2.75, 3.05) is 13.2 Å². The summed E-state index contributed by atoms with van der Waals surface area (Å²) in [5.41, 5.74) is 0.567. The second-order valence-electron chi connectivity index (χ2n) is 2.72. The maximum Gasteiger partial charge on any atom is 0.188 e. The molecule has 0 N–H and O–H groups in total. The Morgan fingerprint density at radius 1 is 1.50 bits per heavy atom. The highest BCUT2D eigenvalue weighted by Gasteiger charge is 2.07. The number of rotatable bonds is 4. The molecule has 0 heterocycles. The minimum atomic E-state index is -0.0601. The van der Waals surface area contributed by atoms with Gasteiger partial charge in [-0.3, -0.25) is 4.79 Å². The van der Waals surface area contributed by atoms with E-state index < -0.39 is 0 Å². The van der Waals surface area contributed by atoms with Crippen molar-refractivity contribution in [3.8, 4) is 0 Å². The summed E-state index contributed by atoms with van der Waals surface area (Å²) in [6.45, 7) is 2.48. The lowest BCUT2D eigenvalue weighted by Crippen LogP contribution is -2.08. The molecule has 0 aliphatic heterocycles. The van der Waals surface area contributed by atoms with Crippen LogP contribution in [0.2, 0.25) is 5.02 Å². The molecule has 0 radical (unpaired) electrons. The van der Waals surface area contributed by atoms with Gasteiger partial charge in [-0.15, -0.1) is 0 Å². The molecule has 76 valence electrons. The van der Waals surface area contributed by atoms with E-state index in [0.29, 0.717) is 17.2 Å². The Morgan fingerprint density at radius 2 is 2.21 bits per heavy atom. The Balaban J connectivity index is 2.79. The molecule has 2 nitrogen and oxygen atoms in total. The molecular formula is C10H10BrClO2. The van der Waals surface area contributed by atoms with Crippen molar-refractivity contribution in [1.29, 1.82) is 0 Å². The Bertz CT molecular complexity index is 319. The standard InChI is InChI=1S/C10H10BrClO2/c1-2-14-6-10(13)7-3-8(11)5-9(12)4-7/h3-5H,2,6H2,1H3. The van der Waals surface area contributed by atoms with Gasteiger partial charge in [0.1, 0.15) is 6.61 Å². The maximum absolute atomic E-state index is 11.5. The molecule has 0 aliphatic rings. The van der Waals surface area contributed by atoms with Crippen molar-refractivity contribution in [3.05, 3.63) is 33.3 Å². The monoisotopic (exact) mass is 276 g/mol. The molecule has 0 saturated heterocycles. The fourth-order valence-corrected chi connectivity index (χ4v) is 1.85. The number of carbonyl (C=O) groups excluding carboxylic acids is 1. The number of hydrogen-bond acceptors (Lipinski definition) is 2. The van der Waals surface area contributed by atoms with Gasteiger partial charge in [0.25, 0.3) is 0 Å². The zero-order chi connectivity index (χ0) is 10.6. The topological polar surface area (TPSA) is 26.3 Å². The van der Waals surface area contributed by atoms with Gasteiger partial charge in [0.05, 0.1) is 0 Å². The minimum Gasteiger partial charge on any atom is -0.374 e. The van der Waals surface area contributed by atoms with Gasteiger partial charge in [-0.1, -0.05) is 27.5 Å². The van der Waals surface area contributed by atoms with E-state index in [1.165, 1.54) is 0 Å². The van der Waals surface area contributed by atoms with Crippen LogP contribution in [-0.4, -0.2) is 19.0 Å². The number of benzene rings is 1. The highest BCUT2D eigenvalue weighted by molar-refractivity contribution is 9.10. The number of ether oxygens (including phenoxy) is 1. The van der Waals surface area contributed by atoms with Crippen LogP contribution in [0.3, 0.4) is 0 Å². The highest BCUT2D eigenvalue weighted by Crippen LogP contribution is 2.19. The Labute approximate surface area is 96.3 Å². The minimum absolute atomic E-state index is 0.0601. The largest absolute Gasteiger partial charge is 0.374 e. The fourth-order valence-electron chi connectivity index (χ4n) is 0.993. The van der Waals surface area contributed by atoms with Gasteiger partial charge >= 0.3 is 0 Å². The van der Waals surface area contributed by atoms with Crippen LogP contribution >= 0.6 is 27.5 Å². The predicted octanol–water partition coefficient (Wildman–Crippen LogP) is 3.32. The first-order valence-corrected chi connectivity index (χ1v) is 5.37. The molecule has 0 spiro atoms. The van der Waals surface area contributed by atoms with Crippen molar-refractivity contribution < 1.29 is 9.53 Å². The number of carbonyl (C=O) groups is 1. The third-order valence-corrected chi connectivity index (χ3v) is 2.30. The zero-order valence-corrected chi connectivity index (χ0v) is 10.1. The predicted molar refractivity (Wildman–Crippen MR) is 60.0 cm³/mol. The first-order chi connectivity index (χ1) is 6.63. The lowest BCUT2D eigenvalue weighted by Gasteiger charge is -2.02. The van der Waals surface area contributed by atoms with Gasteiger partial charge in [0.15, 0.2) is 5.78 Å². The van der Waals surface area contributed by atoms with Crippen LogP contribution < -0.4 is 0 Å². The van der Waals surface area contributed by atoms with Crippen LogP contribution in [0.1, 0.15) is 17.3 Å². The third-order valence-electron chi connectivity index (χ3n) is 1.62. The lowest BCUT2D eigenvalue weighted by atomic mass is 10.1. The van der Waals surface area contributed by atoms with Crippen LogP contribution in [-0.2, 0) is 4.74 Å². The SMILES string of the molecule is CCOCC(=O)c1cc(Cl)cc(Br)c1. The molecule has 0 aliphatic carbocycles. The molecule has 0 amide bonds. The summed E-state index contributed by atoms with van der Waals surface area (Å²) in [4.78, 5) is 11.5. The average Bonchev–Trinajstić information content (AvgIpc) is 2.12. The number of ketones is 1. The molecule has 4 heteroatoms. The first-order valence-electron chi connectivity index (χ1n) is 4.20. The van der Waals surface area contributed by atoms with Gasteiger partial charge in [0.2, 0.25) is 0 Å². The van der Waals surface area contributed by atoms with Crippen molar-refractivity contribution >= 4 is 33.3 Å². The molecule has 0 fully saturated rings. The molecule has 14 heavy (non-hydrogen) atoms. The van der Waals surface area contributed by atoms with Gasteiger partial charge < -0.3 is 4.74 Å². The van der Waals surface area contributed by atoms with Crippen molar-refractivity contribution in [2.24, 2.45) is 0 Å². The van der Waals surface area contributed by atoms with Gasteiger partial charge in [-0.05, 0) is 25.1 Å². The van der Waals surface area contributed by atoms with E-state index in [-0.39, 0.29) is 12.4 Å². The molecule has 0 unspecified atom stereocenters.